The summed E-state index contributed by atoms with van der Waals surface area (Å²) in [5.41, 5.74) is 4.49. The van der Waals surface area contributed by atoms with E-state index < -0.39 is 5.97 Å². The van der Waals surface area contributed by atoms with Crippen LogP contribution >= 0.6 is 0 Å². The molecule has 0 amide bonds. The summed E-state index contributed by atoms with van der Waals surface area (Å²) in [6.07, 6.45) is 5.15. The van der Waals surface area contributed by atoms with Crippen molar-refractivity contribution in [1.29, 1.82) is 0 Å². The second-order valence-corrected chi connectivity index (χ2v) is 5.67. The van der Waals surface area contributed by atoms with E-state index in [0.717, 1.165) is 6.42 Å². The third kappa shape index (κ3) is 1.50. The Kier molecular flexibility index (Phi) is 2.29. The van der Waals surface area contributed by atoms with E-state index in [4.69, 9.17) is 5.11 Å². The molecule has 1 unspecified atom stereocenters. The summed E-state index contributed by atoms with van der Waals surface area (Å²) >= 11 is 0. The molecule has 2 aliphatic rings. The van der Waals surface area contributed by atoms with Gasteiger partial charge >= 0.3 is 5.97 Å². The van der Waals surface area contributed by atoms with E-state index in [-0.39, 0.29) is 12.3 Å². The Labute approximate surface area is 102 Å². The van der Waals surface area contributed by atoms with Crippen molar-refractivity contribution < 1.29 is 9.90 Å². The lowest BCUT2D eigenvalue weighted by Gasteiger charge is -2.40. The van der Waals surface area contributed by atoms with E-state index in [2.05, 4.69) is 25.1 Å². The zero-order valence-electron chi connectivity index (χ0n) is 10.2. The number of hydrogen-bond acceptors (Lipinski definition) is 1. The van der Waals surface area contributed by atoms with E-state index in [1.165, 1.54) is 36.0 Å². The van der Waals surface area contributed by atoms with Crippen LogP contribution in [0.25, 0.3) is 0 Å². The molecule has 0 aliphatic heterocycles. The maximum Gasteiger partial charge on any atom is 0.303 e. The molecule has 1 fully saturated rings. The first-order valence-electron chi connectivity index (χ1n) is 6.44. The number of benzene rings is 1. The average molecular weight is 230 g/mol. The minimum Gasteiger partial charge on any atom is -0.481 e. The fourth-order valence-electron chi connectivity index (χ4n) is 3.89. The highest BCUT2D eigenvalue weighted by atomic mass is 16.4. The highest BCUT2D eigenvalue weighted by Gasteiger charge is 2.48. The summed E-state index contributed by atoms with van der Waals surface area (Å²) in [6, 6.07) is 6.38. The van der Waals surface area contributed by atoms with Gasteiger partial charge in [-0.3, -0.25) is 4.79 Å². The standard InChI is InChI=1S/C15H18O2/c1-10-4-2-5-12-11(8-13(16)17)9-15(14(10)12)6-3-7-15/h2,4-5,11H,3,6-9H2,1H3,(H,16,17). The van der Waals surface area contributed by atoms with Gasteiger partial charge in [-0.2, -0.15) is 0 Å². The van der Waals surface area contributed by atoms with Crippen molar-refractivity contribution in [3.05, 3.63) is 34.9 Å². The first kappa shape index (κ1) is 10.8. The van der Waals surface area contributed by atoms with Crippen LogP contribution in [0.15, 0.2) is 18.2 Å². The molecule has 3 rings (SSSR count). The van der Waals surface area contributed by atoms with Crippen LogP contribution in [0.1, 0.15) is 54.7 Å². The number of carbonyl (C=O) groups is 1. The van der Waals surface area contributed by atoms with Crippen molar-refractivity contribution in [3.63, 3.8) is 0 Å². The molecule has 1 spiro atoms. The number of fused-ring (bicyclic) bond motifs is 2. The van der Waals surface area contributed by atoms with Crippen LogP contribution in [0, 0.1) is 6.92 Å². The zero-order valence-corrected chi connectivity index (χ0v) is 10.2. The largest absolute Gasteiger partial charge is 0.481 e. The lowest BCUT2D eigenvalue weighted by atomic mass is 9.64. The molecule has 0 radical (unpaired) electrons. The summed E-state index contributed by atoms with van der Waals surface area (Å²) in [4.78, 5) is 11.0. The van der Waals surface area contributed by atoms with Gasteiger partial charge in [-0.1, -0.05) is 24.6 Å². The monoisotopic (exact) mass is 230 g/mol. The highest BCUT2D eigenvalue weighted by Crippen LogP contribution is 2.58. The van der Waals surface area contributed by atoms with Crippen LogP contribution < -0.4 is 0 Å². The Morgan fingerprint density at radius 3 is 2.82 bits per heavy atom. The Morgan fingerprint density at radius 2 is 2.24 bits per heavy atom. The summed E-state index contributed by atoms with van der Waals surface area (Å²) in [5.74, 6) is -0.429. The smallest absolute Gasteiger partial charge is 0.303 e. The predicted octanol–water partition coefficient (Wildman–Crippen LogP) is 3.38. The molecule has 2 heteroatoms. The maximum atomic E-state index is 11.0. The molecule has 0 bridgehead atoms. The van der Waals surface area contributed by atoms with Crippen molar-refractivity contribution >= 4 is 5.97 Å². The van der Waals surface area contributed by atoms with Crippen LogP contribution in [0.3, 0.4) is 0 Å². The molecule has 1 aromatic rings. The summed E-state index contributed by atoms with van der Waals surface area (Å²) < 4.78 is 0. The van der Waals surface area contributed by atoms with Gasteiger partial charge in [-0.15, -0.1) is 0 Å². The fourth-order valence-corrected chi connectivity index (χ4v) is 3.89. The van der Waals surface area contributed by atoms with Crippen LogP contribution in [0.2, 0.25) is 0 Å². The van der Waals surface area contributed by atoms with Crippen LogP contribution in [0.5, 0.6) is 0 Å². The molecule has 0 saturated heterocycles. The van der Waals surface area contributed by atoms with Gasteiger partial charge in [0.25, 0.3) is 0 Å². The molecule has 0 aromatic heterocycles. The Balaban J connectivity index is 2.05. The van der Waals surface area contributed by atoms with E-state index in [0.29, 0.717) is 5.41 Å². The molecule has 2 aliphatic carbocycles. The molecule has 1 atom stereocenters. The summed E-state index contributed by atoms with van der Waals surface area (Å²) in [7, 11) is 0. The molecule has 0 heterocycles. The van der Waals surface area contributed by atoms with E-state index >= 15 is 0 Å². The number of carboxylic acid groups (broad SMARTS) is 1. The Morgan fingerprint density at radius 1 is 1.47 bits per heavy atom. The van der Waals surface area contributed by atoms with Crippen molar-refractivity contribution in [2.45, 2.75) is 50.4 Å². The van der Waals surface area contributed by atoms with Gasteiger partial charge in [0.1, 0.15) is 0 Å². The molecule has 17 heavy (non-hydrogen) atoms. The van der Waals surface area contributed by atoms with Crippen molar-refractivity contribution in [1.82, 2.24) is 0 Å². The lowest BCUT2D eigenvalue weighted by molar-refractivity contribution is -0.137. The fraction of sp³-hybridized carbons (Fsp3) is 0.533. The summed E-state index contributed by atoms with van der Waals surface area (Å²) in [5, 5.41) is 9.03. The Hall–Kier alpha value is -1.31. The van der Waals surface area contributed by atoms with Crippen molar-refractivity contribution in [2.75, 3.05) is 0 Å². The van der Waals surface area contributed by atoms with Crippen LogP contribution in [-0.4, -0.2) is 11.1 Å². The first-order chi connectivity index (χ1) is 8.12. The molecule has 90 valence electrons. The quantitative estimate of drug-likeness (QED) is 0.845. The minimum absolute atomic E-state index is 0.239. The molecule has 1 aromatic carbocycles. The van der Waals surface area contributed by atoms with Gasteiger partial charge in [0, 0.05) is 0 Å². The molecular weight excluding hydrogens is 212 g/mol. The number of rotatable bonds is 2. The molecule has 1 saturated carbocycles. The SMILES string of the molecule is Cc1cccc2c1C1(CCC1)CC2CC(=O)O. The van der Waals surface area contributed by atoms with Crippen LogP contribution in [-0.2, 0) is 10.2 Å². The second kappa shape index (κ2) is 3.59. The topological polar surface area (TPSA) is 37.3 Å². The predicted molar refractivity (Wildman–Crippen MR) is 66.3 cm³/mol. The molecule has 1 N–H and O–H groups in total. The third-order valence-corrected chi connectivity index (χ3v) is 4.64. The zero-order chi connectivity index (χ0) is 12.0. The van der Waals surface area contributed by atoms with Gasteiger partial charge in [0.2, 0.25) is 0 Å². The Bertz CT molecular complexity index is 472. The van der Waals surface area contributed by atoms with Crippen molar-refractivity contribution in [2.24, 2.45) is 0 Å². The van der Waals surface area contributed by atoms with Gasteiger partial charge in [-0.05, 0) is 54.2 Å². The normalized spacial score (nSPS) is 24.4. The lowest BCUT2D eigenvalue weighted by Crippen LogP contribution is -2.32. The van der Waals surface area contributed by atoms with Gasteiger partial charge in [0.15, 0.2) is 0 Å². The molecular formula is C15H18O2. The maximum absolute atomic E-state index is 11.0. The first-order valence-corrected chi connectivity index (χ1v) is 6.44. The van der Waals surface area contributed by atoms with Gasteiger partial charge < -0.3 is 5.11 Å². The number of aliphatic carboxylic acids is 1. The van der Waals surface area contributed by atoms with Gasteiger partial charge in [0.05, 0.1) is 6.42 Å². The number of hydrogen-bond donors (Lipinski definition) is 1. The second-order valence-electron chi connectivity index (χ2n) is 5.67. The average Bonchev–Trinajstić information content (AvgIpc) is 2.53. The number of carboxylic acids is 1. The highest BCUT2D eigenvalue weighted by molar-refractivity contribution is 5.69. The van der Waals surface area contributed by atoms with E-state index in [1.807, 2.05) is 0 Å². The number of aryl methyl sites for hydroxylation is 1. The van der Waals surface area contributed by atoms with Crippen molar-refractivity contribution in [3.8, 4) is 0 Å². The van der Waals surface area contributed by atoms with Gasteiger partial charge in [-0.25, -0.2) is 0 Å². The van der Waals surface area contributed by atoms with E-state index in [9.17, 15) is 4.79 Å². The summed E-state index contributed by atoms with van der Waals surface area (Å²) in [6.45, 7) is 2.17. The minimum atomic E-state index is -0.668. The van der Waals surface area contributed by atoms with Crippen LogP contribution in [0.4, 0.5) is 0 Å². The molecule has 2 nitrogen and oxygen atoms in total. The third-order valence-electron chi connectivity index (χ3n) is 4.64. The van der Waals surface area contributed by atoms with E-state index in [1.54, 1.807) is 0 Å².